The van der Waals surface area contributed by atoms with Gasteiger partial charge >= 0.3 is 5.97 Å². The summed E-state index contributed by atoms with van der Waals surface area (Å²) in [6, 6.07) is -0.0846. The molecule has 0 saturated carbocycles. The Labute approximate surface area is 115 Å². The molecule has 1 fully saturated rings. The molecule has 0 bridgehead atoms. The standard InChI is InChI=1S/C12H22N2O3.ClH/c1-9(12(16)17-3)8-14(2)11(15)10-6-4-5-7-13-10;/h9-10,13H,4-8H2,1-3H3;1H. The molecule has 1 heterocycles. The van der Waals surface area contributed by atoms with Crippen LogP contribution in [0.2, 0.25) is 0 Å². The lowest BCUT2D eigenvalue weighted by atomic mass is 10.0. The Hall–Kier alpha value is -0.810. The van der Waals surface area contributed by atoms with Crippen LogP contribution in [0.3, 0.4) is 0 Å². The van der Waals surface area contributed by atoms with Crippen molar-refractivity contribution in [2.24, 2.45) is 5.92 Å². The molecule has 0 aromatic rings. The number of carbonyl (C=O) groups is 2. The van der Waals surface area contributed by atoms with E-state index in [2.05, 4.69) is 10.1 Å². The number of methoxy groups -OCH3 is 1. The largest absolute Gasteiger partial charge is 0.469 e. The second kappa shape index (κ2) is 8.32. The van der Waals surface area contributed by atoms with Crippen LogP contribution in [0.4, 0.5) is 0 Å². The molecule has 0 aromatic carbocycles. The number of carbonyl (C=O) groups excluding carboxylic acids is 2. The van der Waals surface area contributed by atoms with E-state index in [0.29, 0.717) is 6.54 Å². The van der Waals surface area contributed by atoms with E-state index in [1.54, 1.807) is 18.9 Å². The number of nitrogens with one attached hydrogen (secondary N) is 1. The molecule has 1 amide bonds. The Balaban J connectivity index is 0.00000289. The molecule has 1 aliphatic heterocycles. The van der Waals surface area contributed by atoms with Crippen LogP contribution in [0.5, 0.6) is 0 Å². The van der Waals surface area contributed by atoms with Crippen molar-refractivity contribution in [3.63, 3.8) is 0 Å². The van der Waals surface area contributed by atoms with Crippen molar-refractivity contribution in [2.75, 3.05) is 27.2 Å². The van der Waals surface area contributed by atoms with Gasteiger partial charge in [-0.3, -0.25) is 9.59 Å². The summed E-state index contributed by atoms with van der Waals surface area (Å²) in [6.07, 6.45) is 3.10. The zero-order chi connectivity index (χ0) is 12.8. The predicted octanol–water partition coefficient (Wildman–Crippen LogP) is 0.818. The van der Waals surface area contributed by atoms with Gasteiger partial charge in [0.15, 0.2) is 0 Å². The van der Waals surface area contributed by atoms with Crippen LogP contribution in [-0.2, 0) is 14.3 Å². The van der Waals surface area contributed by atoms with E-state index in [0.717, 1.165) is 25.8 Å². The van der Waals surface area contributed by atoms with Gasteiger partial charge in [-0.1, -0.05) is 13.3 Å². The second-order valence-corrected chi connectivity index (χ2v) is 4.65. The number of likely N-dealkylation sites (N-methyl/N-ethyl adjacent to an activating group) is 1. The van der Waals surface area contributed by atoms with E-state index < -0.39 is 0 Å². The minimum Gasteiger partial charge on any atom is -0.469 e. The van der Waals surface area contributed by atoms with E-state index in [-0.39, 0.29) is 36.2 Å². The molecule has 1 rings (SSSR count). The molecule has 1 saturated heterocycles. The summed E-state index contributed by atoms with van der Waals surface area (Å²) in [4.78, 5) is 24.9. The van der Waals surface area contributed by atoms with Crippen LogP contribution >= 0.6 is 12.4 Å². The van der Waals surface area contributed by atoms with Crippen LogP contribution in [0.1, 0.15) is 26.2 Å². The van der Waals surface area contributed by atoms with Gasteiger partial charge in [-0.05, 0) is 19.4 Å². The molecule has 1 aliphatic rings. The SMILES string of the molecule is COC(=O)C(C)CN(C)C(=O)C1CCCCN1.Cl. The van der Waals surface area contributed by atoms with Crippen LogP contribution < -0.4 is 5.32 Å². The Bertz CT molecular complexity index is 280. The number of esters is 1. The minimum absolute atomic E-state index is 0. The number of hydrogen-bond acceptors (Lipinski definition) is 4. The van der Waals surface area contributed by atoms with Gasteiger partial charge in [0.2, 0.25) is 5.91 Å². The lowest BCUT2D eigenvalue weighted by Gasteiger charge is -2.28. The Kier molecular flexibility index (Phi) is 7.95. The molecule has 0 aliphatic carbocycles. The highest BCUT2D eigenvalue weighted by molar-refractivity contribution is 5.85. The molecule has 0 spiro atoms. The Morgan fingerprint density at radius 1 is 1.44 bits per heavy atom. The molecule has 0 radical (unpaired) electrons. The van der Waals surface area contributed by atoms with E-state index in [1.165, 1.54) is 7.11 Å². The summed E-state index contributed by atoms with van der Waals surface area (Å²) in [5.74, 6) is -0.487. The van der Waals surface area contributed by atoms with Crippen molar-refractivity contribution >= 4 is 24.3 Å². The van der Waals surface area contributed by atoms with Gasteiger partial charge in [-0.2, -0.15) is 0 Å². The molecule has 0 aromatic heterocycles. The molecular formula is C12H23ClN2O3. The maximum Gasteiger partial charge on any atom is 0.310 e. The second-order valence-electron chi connectivity index (χ2n) is 4.65. The van der Waals surface area contributed by atoms with Crippen molar-refractivity contribution in [3.05, 3.63) is 0 Å². The summed E-state index contributed by atoms with van der Waals surface area (Å²) in [6.45, 7) is 3.07. The first-order valence-electron chi connectivity index (χ1n) is 6.12. The van der Waals surface area contributed by atoms with E-state index in [1.807, 2.05) is 0 Å². The molecular weight excluding hydrogens is 256 g/mol. The van der Waals surface area contributed by atoms with Gasteiger partial charge in [0.05, 0.1) is 19.1 Å². The first-order valence-corrected chi connectivity index (χ1v) is 6.12. The van der Waals surface area contributed by atoms with Crippen molar-refractivity contribution in [3.8, 4) is 0 Å². The zero-order valence-electron chi connectivity index (χ0n) is 11.3. The lowest BCUT2D eigenvalue weighted by molar-refractivity contribution is -0.146. The van der Waals surface area contributed by atoms with E-state index in [9.17, 15) is 9.59 Å². The van der Waals surface area contributed by atoms with Gasteiger partial charge < -0.3 is 15.0 Å². The first-order chi connectivity index (χ1) is 8.06. The van der Waals surface area contributed by atoms with Crippen LogP contribution in [0.25, 0.3) is 0 Å². The number of nitrogens with zero attached hydrogens (tertiary/aromatic N) is 1. The third-order valence-corrected chi connectivity index (χ3v) is 3.14. The van der Waals surface area contributed by atoms with Gasteiger partial charge in [-0.15, -0.1) is 12.4 Å². The monoisotopic (exact) mass is 278 g/mol. The summed E-state index contributed by atoms with van der Waals surface area (Å²) >= 11 is 0. The van der Waals surface area contributed by atoms with Crippen LogP contribution in [-0.4, -0.2) is 50.1 Å². The summed E-state index contributed by atoms with van der Waals surface area (Å²) in [5.41, 5.74) is 0. The topological polar surface area (TPSA) is 58.6 Å². The molecule has 2 atom stereocenters. The highest BCUT2D eigenvalue weighted by Crippen LogP contribution is 2.10. The number of rotatable bonds is 4. The van der Waals surface area contributed by atoms with Gasteiger partial charge in [0, 0.05) is 13.6 Å². The molecule has 1 N–H and O–H groups in total. The fraction of sp³-hybridized carbons (Fsp3) is 0.833. The average Bonchev–Trinajstić information content (AvgIpc) is 2.37. The number of ether oxygens (including phenoxy) is 1. The summed E-state index contributed by atoms with van der Waals surface area (Å²) < 4.78 is 4.65. The van der Waals surface area contributed by atoms with Gasteiger partial charge in [0.1, 0.15) is 0 Å². The highest BCUT2D eigenvalue weighted by atomic mass is 35.5. The molecule has 2 unspecified atom stereocenters. The van der Waals surface area contributed by atoms with Gasteiger partial charge in [-0.25, -0.2) is 0 Å². The number of halogens is 1. The summed E-state index contributed by atoms with van der Waals surface area (Å²) in [5, 5.41) is 3.21. The first kappa shape index (κ1) is 17.2. The molecule has 106 valence electrons. The maximum atomic E-state index is 12.1. The van der Waals surface area contributed by atoms with Gasteiger partial charge in [0.25, 0.3) is 0 Å². The van der Waals surface area contributed by atoms with E-state index >= 15 is 0 Å². The molecule has 5 nitrogen and oxygen atoms in total. The van der Waals surface area contributed by atoms with Crippen molar-refractivity contribution in [1.82, 2.24) is 10.2 Å². The highest BCUT2D eigenvalue weighted by Gasteiger charge is 2.25. The van der Waals surface area contributed by atoms with E-state index in [4.69, 9.17) is 0 Å². The Morgan fingerprint density at radius 3 is 2.61 bits per heavy atom. The van der Waals surface area contributed by atoms with Crippen molar-refractivity contribution < 1.29 is 14.3 Å². The number of piperidine rings is 1. The zero-order valence-corrected chi connectivity index (χ0v) is 12.1. The molecule has 6 heteroatoms. The van der Waals surface area contributed by atoms with Crippen LogP contribution in [0, 0.1) is 5.92 Å². The fourth-order valence-corrected chi connectivity index (χ4v) is 2.11. The summed E-state index contributed by atoms with van der Waals surface area (Å²) in [7, 11) is 3.10. The number of hydrogen-bond donors (Lipinski definition) is 1. The predicted molar refractivity (Wildman–Crippen MR) is 71.7 cm³/mol. The normalized spacial score (nSPS) is 20.5. The quantitative estimate of drug-likeness (QED) is 0.774. The minimum atomic E-state index is -0.280. The van der Waals surface area contributed by atoms with Crippen molar-refractivity contribution in [2.45, 2.75) is 32.2 Å². The smallest absolute Gasteiger partial charge is 0.310 e. The Morgan fingerprint density at radius 2 is 2.11 bits per heavy atom. The third kappa shape index (κ3) is 4.82. The number of amides is 1. The molecule has 18 heavy (non-hydrogen) atoms. The van der Waals surface area contributed by atoms with Crippen molar-refractivity contribution in [1.29, 1.82) is 0 Å². The fourth-order valence-electron chi connectivity index (χ4n) is 2.11. The lowest BCUT2D eigenvalue weighted by Crippen LogP contribution is -2.48. The van der Waals surface area contributed by atoms with Crippen LogP contribution in [0.15, 0.2) is 0 Å². The average molecular weight is 279 g/mol. The third-order valence-electron chi connectivity index (χ3n) is 3.14. The maximum absolute atomic E-state index is 12.1.